The van der Waals surface area contributed by atoms with E-state index in [4.69, 9.17) is 9.15 Å². The van der Waals surface area contributed by atoms with Crippen molar-refractivity contribution in [3.05, 3.63) is 59.5 Å². The van der Waals surface area contributed by atoms with Gasteiger partial charge in [-0.3, -0.25) is 10.1 Å². The lowest BCUT2D eigenvalue weighted by molar-refractivity contribution is -0.123. The van der Waals surface area contributed by atoms with Gasteiger partial charge < -0.3 is 14.5 Å². The summed E-state index contributed by atoms with van der Waals surface area (Å²) in [6.07, 6.45) is 1.48. The van der Waals surface area contributed by atoms with E-state index in [2.05, 4.69) is 10.6 Å². The maximum atomic E-state index is 12.0. The molecule has 3 amide bonds. The number of hydrogen-bond donors (Lipinski definition) is 2. The van der Waals surface area contributed by atoms with Crippen molar-refractivity contribution in [3.8, 4) is 0 Å². The SMILES string of the molecule is O=C(COC(=O)c1ccc(C2SCCS2)cc1)NC(=O)NCc1ccco1. The fourth-order valence-electron chi connectivity index (χ4n) is 2.33. The number of urea groups is 1. The first kappa shape index (κ1) is 19.4. The summed E-state index contributed by atoms with van der Waals surface area (Å²) in [7, 11) is 0. The Balaban J connectivity index is 1.40. The van der Waals surface area contributed by atoms with Gasteiger partial charge in [-0.2, -0.15) is 0 Å². The molecule has 0 unspecified atom stereocenters. The van der Waals surface area contributed by atoms with Gasteiger partial charge in [0.05, 0.1) is 23.0 Å². The van der Waals surface area contributed by atoms with Gasteiger partial charge in [-0.15, -0.1) is 23.5 Å². The minimum absolute atomic E-state index is 0.149. The molecule has 1 saturated heterocycles. The Morgan fingerprint density at radius 2 is 1.85 bits per heavy atom. The minimum Gasteiger partial charge on any atom is -0.467 e. The van der Waals surface area contributed by atoms with Gasteiger partial charge >= 0.3 is 12.0 Å². The average Bonchev–Trinajstić information content (AvgIpc) is 3.38. The Hall–Kier alpha value is -2.39. The van der Waals surface area contributed by atoms with Gasteiger partial charge in [-0.25, -0.2) is 9.59 Å². The van der Waals surface area contributed by atoms with E-state index in [0.717, 1.165) is 17.1 Å². The van der Waals surface area contributed by atoms with Crippen LogP contribution in [0, 0.1) is 0 Å². The van der Waals surface area contributed by atoms with Crippen LogP contribution in [0.5, 0.6) is 0 Å². The zero-order valence-corrected chi connectivity index (χ0v) is 15.9. The highest BCUT2D eigenvalue weighted by Crippen LogP contribution is 2.45. The second kappa shape index (κ2) is 9.52. The summed E-state index contributed by atoms with van der Waals surface area (Å²) < 4.78 is 10.4. The number of thioether (sulfide) groups is 2. The van der Waals surface area contributed by atoms with Crippen molar-refractivity contribution in [2.75, 3.05) is 18.1 Å². The highest BCUT2D eigenvalue weighted by atomic mass is 32.2. The molecule has 0 atom stereocenters. The molecule has 9 heteroatoms. The van der Waals surface area contributed by atoms with Crippen LogP contribution in [0.25, 0.3) is 0 Å². The molecule has 3 rings (SSSR count). The summed E-state index contributed by atoms with van der Waals surface area (Å²) in [5.74, 6) is 1.49. The highest BCUT2D eigenvalue weighted by molar-refractivity contribution is 8.19. The van der Waals surface area contributed by atoms with Crippen molar-refractivity contribution >= 4 is 41.4 Å². The van der Waals surface area contributed by atoms with Crippen LogP contribution in [0.4, 0.5) is 4.79 Å². The summed E-state index contributed by atoms with van der Waals surface area (Å²) in [6, 6.07) is 9.86. The van der Waals surface area contributed by atoms with Crippen LogP contribution < -0.4 is 10.6 Å². The molecule has 7 nitrogen and oxygen atoms in total. The van der Waals surface area contributed by atoms with Gasteiger partial charge in [-0.1, -0.05) is 12.1 Å². The summed E-state index contributed by atoms with van der Waals surface area (Å²) in [6.45, 7) is -0.390. The quantitative estimate of drug-likeness (QED) is 0.712. The fraction of sp³-hybridized carbons (Fsp3) is 0.278. The van der Waals surface area contributed by atoms with Crippen LogP contribution in [-0.2, 0) is 16.1 Å². The maximum absolute atomic E-state index is 12.0. The molecular formula is C18H18N2O5S2. The zero-order valence-electron chi connectivity index (χ0n) is 14.3. The number of furan rings is 1. The van der Waals surface area contributed by atoms with E-state index in [1.54, 1.807) is 24.3 Å². The van der Waals surface area contributed by atoms with Crippen molar-refractivity contribution in [1.29, 1.82) is 0 Å². The molecular weight excluding hydrogens is 388 g/mol. The van der Waals surface area contributed by atoms with Crippen LogP contribution >= 0.6 is 23.5 Å². The lowest BCUT2D eigenvalue weighted by Gasteiger charge is -2.09. The molecule has 0 radical (unpaired) electrons. The normalized spacial score (nSPS) is 13.9. The molecule has 1 aliphatic heterocycles. The van der Waals surface area contributed by atoms with Crippen LogP contribution in [0.1, 0.15) is 26.3 Å². The first-order valence-corrected chi connectivity index (χ1v) is 10.3. The molecule has 1 fully saturated rings. The summed E-state index contributed by atoms with van der Waals surface area (Å²) in [4.78, 5) is 35.3. The molecule has 0 bridgehead atoms. The van der Waals surface area contributed by atoms with E-state index in [-0.39, 0.29) is 6.54 Å². The number of ether oxygens (including phenoxy) is 1. The molecule has 27 heavy (non-hydrogen) atoms. The number of imide groups is 1. The number of esters is 1. The highest BCUT2D eigenvalue weighted by Gasteiger charge is 2.19. The fourth-order valence-corrected chi connectivity index (χ4v) is 5.19. The Kier molecular flexibility index (Phi) is 6.83. The third-order valence-electron chi connectivity index (χ3n) is 3.63. The molecule has 0 saturated carbocycles. The lowest BCUT2D eigenvalue weighted by Crippen LogP contribution is -2.41. The average molecular weight is 406 g/mol. The maximum Gasteiger partial charge on any atom is 0.338 e. The van der Waals surface area contributed by atoms with Gasteiger partial charge in [0.15, 0.2) is 6.61 Å². The number of nitrogens with one attached hydrogen (secondary N) is 2. The summed E-state index contributed by atoms with van der Waals surface area (Å²) in [5.41, 5.74) is 1.52. The number of rotatable bonds is 6. The second-order valence-electron chi connectivity index (χ2n) is 5.58. The zero-order chi connectivity index (χ0) is 19.1. The molecule has 1 aromatic heterocycles. The van der Waals surface area contributed by atoms with Crippen LogP contribution in [0.3, 0.4) is 0 Å². The van der Waals surface area contributed by atoms with E-state index in [0.29, 0.717) is 15.9 Å². The van der Waals surface area contributed by atoms with Crippen LogP contribution in [0.2, 0.25) is 0 Å². The topological polar surface area (TPSA) is 97.6 Å². The number of carbonyl (C=O) groups is 3. The van der Waals surface area contributed by atoms with Gasteiger partial charge in [0.25, 0.3) is 5.91 Å². The van der Waals surface area contributed by atoms with E-state index in [9.17, 15) is 14.4 Å². The third kappa shape index (κ3) is 5.80. The van der Waals surface area contributed by atoms with Crippen molar-refractivity contribution < 1.29 is 23.5 Å². The summed E-state index contributed by atoms with van der Waals surface area (Å²) in [5, 5.41) is 4.54. The van der Waals surface area contributed by atoms with Gasteiger partial charge in [0.1, 0.15) is 5.76 Å². The van der Waals surface area contributed by atoms with E-state index >= 15 is 0 Å². The number of carbonyl (C=O) groups excluding carboxylic acids is 3. The predicted octanol–water partition coefficient (Wildman–Crippen LogP) is 2.94. The molecule has 0 spiro atoms. The van der Waals surface area contributed by atoms with E-state index in [1.807, 2.05) is 35.7 Å². The molecule has 0 aliphatic carbocycles. The second-order valence-corrected chi connectivity index (χ2v) is 8.31. The first-order valence-electron chi connectivity index (χ1n) is 8.22. The standard InChI is InChI=1S/C18H18N2O5S2/c21-15(20-18(23)19-10-14-2-1-7-24-14)11-25-16(22)12-3-5-13(6-4-12)17-26-8-9-27-17/h1-7,17H,8-11H2,(H2,19,20,21,23). The van der Waals surface area contributed by atoms with Crippen molar-refractivity contribution in [2.24, 2.45) is 0 Å². The van der Waals surface area contributed by atoms with Crippen LogP contribution in [-0.4, -0.2) is 36.0 Å². The minimum atomic E-state index is -0.712. The predicted molar refractivity (Wildman–Crippen MR) is 103 cm³/mol. The first-order chi connectivity index (χ1) is 13.1. The molecule has 2 aromatic rings. The molecule has 1 aromatic carbocycles. The van der Waals surface area contributed by atoms with Crippen molar-refractivity contribution in [3.63, 3.8) is 0 Å². The molecule has 2 heterocycles. The Labute approximate surface area is 164 Å². The Bertz CT molecular complexity index is 787. The van der Waals surface area contributed by atoms with E-state index < -0.39 is 24.5 Å². The smallest absolute Gasteiger partial charge is 0.338 e. The third-order valence-corrected chi connectivity index (χ3v) is 6.74. The number of hydrogen-bond acceptors (Lipinski definition) is 7. The van der Waals surface area contributed by atoms with Gasteiger partial charge in [0, 0.05) is 11.5 Å². The molecule has 142 valence electrons. The van der Waals surface area contributed by atoms with Crippen molar-refractivity contribution in [1.82, 2.24) is 10.6 Å². The Morgan fingerprint density at radius 3 is 2.52 bits per heavy atom. The molecule has 2 N–H and O–H groups in total. The lowest BCUT2D eigenvalue weighted by atomic mass is 10.1. The summed E-state index contributed by atoms with van der Waals surface area (Å²) >= 11 is 3.77. The monoisotopic (exact) mass is 406 g/mol. The van der Waals surface area contributed by atoms with Crippen LogP contribution in [0.15, 0.2) is 47.1 Å². The Morgan fingerprint density at radius 1 is 1.11 bits per heavy atom. The van der Waals surface area contributed by atoms with Gasteiger partial charge in [-0.05, 0) is 29.8 Å². The number of amides is 3. The largest absolute Gasteiger partial charge is 0.467 e. The number of benzene rings is 1. The van der Waals surface area contributed by atoms with Crippen molar-refractivity contribution in [2.45, 2.75) is 11.1 Å². The molecule has 1 aliphatic rings. The van der Waals surface area contributed by atoms with E-state index in [1.165, 1.54) is 6.26 Å². The van der Waals surface area contributed by atoms with Gasteiger partial charge in [0.2, 0.25) is 0 Å².